The molecule has 3 aromatic rings. The quantitative estimate of drug-likeness (QED) is 0.520. The number of anilines is 3. The van der Waals surface area contributed by atoms with Crippen molar-refractivity contribution in [3.63, 3.8) is 0 Å². The number of aromatic nitrogens is 2. The molecule has 32 heavy (non-hydrogen) atoms. The van der Waals surface area contributed by atoms with Crippen LogP contribution in [0.4, 0.5) is 17.2 Å². The van der Waals surface area contributed by atoms with Gasteiger partial charge in [0.1, 0.15) is 10.8 Å². The van der Waals surface area contributed by atoms with E-state index >= 15 is 0 Å². The summed E-state index contributed by atoms with van der Waals surface area (Å²) in [6.07, 6.45) is 3.36. The van der Waals surface area contributed by atoms with Gasteiger partial charge in [-0.1, -0.05) is 29.4 Å². The highest BCUT2D eigenvalue weighted by molar-refractivity contribution is 8.00. The molecular weight excluding hydrogens is 446 g/mol. The molecule has 1 aromatic heterocycles. The van der Waals surface area contributed by atoms with E-state index in [0.717, 1.165) is 42.8 Å². The van der Waals surface area contributed by atoms with E-state index in [9.17, 15) is 4.79 Å². The largest absolute Gasteiger partial charge is 0.497 e. The minimum atomic E-state index is -0.113. The first-order valence-electron chi connectivity index (χ1n) is 10.3. The molecule has 0 unspecified atom stereocenters. The number of carbonyl (C=O) groups excluding carboxylic acids is 1. The topological polar surface area (TPSA) is 70.6 Å². The van der Waals surface area contributed by atoms with Gasteiger partial charge in [-0.05, 0) is 42.5 Å². The van der Waals surface area contributed by atoms with Crippen LogP contribution >= 0.6 is 23.4 Å². The number of thioether (sulfide) groups is 1. The zero-order valence-electron chi connectivity index (χ0n) is 17.7. The average Bonchev–Trinajstić information content (AvgIpc) is 2.83. The smallest absolute Gasteiger partial charge is 0.234 e. The summed E-state index contributed by atoms with van der Waals surface area (Å²) >= 11 is 7.37. The van der Waals surface area contributed by atoms with Crippen LogP contribution in [-0.2, 0) is 4.79 Å². The van der Waals surface area contributed by atoms with Crippen LogP contribution in [0.5, 0.6) is 5.75 Å². The summed E-state index contributed by atoms with van der Waals surface area (Å²) in [4.78, 5) is 26.0. The number of halogens is 1. The fraction of sp³-hybridized carbons (Fsp3) is 0.261. The van der Waals surface area contributed by atoms with Crippen LogP contribution in [0.1, 0.15) is 0 Å². The average molecular weight is 470 g/mol. The van der Waals surface area contributed by atoms with Gasteiger partial charge in [0.2, 0.25) is 5.91 Å². The normalized spacial score (nSPS) is 13.7. The van der Waals surface area contributed by atoms with Crippen LogP contribution in [0.25, 0.3) is 0 Å². The summed E-state index contributed by atoms with van der Waals surface area (Å²) in [6.45, 7) is 3.41. The van der Waals surface area contributed by atoms with Crippen molar-refractivity contribution >= 4 is 46.5 Å². The molecule has 9 heteroatoms. The second kappa shape index (κ2) is 10.6. The summed E-state index contributed by atoms with van der Waals surface area (Å²) in [5.41, 5.74) is 1.86. The van der Waals surface area contributed by atoms with Gasteiger partial charge < -0.3 is 19.9 Å². The number of rotatable bonds is 7. The van der Waals surface area contributed by atoms with Crippen molar-refractivity contribution in [1.82, 2.24) is 9.97 Å². The molecule has 0 atom stereocenters. The zero-order valence-corrected chi connectivity index (χ0v) is 19.3. The predicted octanol–water partition coefficient (Wildman–Crippen LogP) is 4.20. The van der Waals surface area contributed by atoms with Gasteiger partial charge in [0.25, 0.3) is 0 Å². The third kappa shape index (κ3) is 5.63. The molecule has 1 amide bonds. The predicted molar refractivity (Wildman–Crippen MR) is 130 cm³/mol. The number of hydrogen-bond acceptors (Lipinski definition) is 7. The van der Waals surface area contributed by atoms with Crippen LogP contribution in [0.3, 0.4) is 0 Å². The van der Waals surface area contributed by atoms with Gasteiger partial charge in [0, 0.05) is 55.0 Å². The summed E-state index contributed by atoms with van der Waals surface area (Å²) in [6, 6.07) is 15.2. The van der Waals surface area contributed by atoms with Crippen LogP contribution in [0.2, 0.25) is 5.02 Å². The van der Waals surface area contributed by atoms with Gasteiger partial charge >= 0.3 is 0 Å². The Balaban J connectivity index is 1.34. The third-order valence-corrected chi connectivity index (χ3v) is 6.31. The van der Waals surface area contributed by atoms with Gasteiger partial charge in [-0.25, -0.2) is 9.97 Å². The highest BCUT2D eigenvalue weighted by Crippen LogP contribution is 2.28. The molecule has 0 bridgehead atoms. The van der Waals surface area contributed by atoms with E-state index in [1.807, 2.05) is 18.2 Å². The Kier molecular flexibility index (Phi) is 7.34. The summed E-state index contributed by atoms with van der Waals surface area (Å²) in [5.74, 6) is 1.80. The second-order valence-corrected chi connectivity index (χ2v) is 8.60. The molecule has 0 saturated carbocycles. The monoisotopic (exact) mass is 469 g/mol. The number of piperazine rings is 1. The Bertz CT molecular complexity index is 1060. The van der Waals surface area contributed by atoms with E-state index < -0.39 is 0 Å². The standard InChI is InChI=1S/C23H24ClN5O2S/c1-31-20-7-5-19(6-8-20)28-11-13-29(14-12-28)22-23(26-10-9-25-22)32-16-21(30)27-18-4-2-3-17(24)15-18/h2-10,15H,11-14,16H2,1H3,(H,27,30). The number of carbonyl (C=O) groups is 1. The summed E-state index contributed by atoms with van der Waals surface area (Å²) in [5, 5.41) is 4.20. The molecule has 4 rings (SSSR count). The van der Waals surface area contributed by atoms with Crippen LogP contribution in [0.15, 0.2) is 66.0 Å². The number of hydrogen-bond donors (Lipinski definition) is 1. The molecular formula is C23H24ClN5O2S. The van der Waals surface area contributed by atoms with Gasteiger partial charge in [-0.2, -0.15) is 0 Å². The molecule has 1 N–H and O–H groups in total. The minimum absolute atomic E-state index is 0.113. The molecule has 1 aliphatic heterocycles. The lowest BCUT2D eigenvalue weighted by Crippen LogP contribution is -2.47. The Labute approximate surface area is 196 Å². The van der Waals surface area contributed by atoms with E-state index in [1.165, 1.54) is 17.4 Å². The Hall–Kier alpha value is -2.97. The Morgan fingerprint density at radius 2 is 1.78 bits per heavy atom. The number of nitrogens with zero attached hydrogens (tertiary/aromatic N) is 4. The van der Waals surface area contributed by atoms with Gasteiger partial charge in [0.15, 0.2) is 5.82 Å². The van der Waals surface area contributed by atoms with Crippen LogP contribution < -0.4 is 19.9 Å². The van der Waals surface area contributed by atoms with Gasteiger partial charge in [0.05, 0.1) is 12.9 Å². The number of nitrogens with one attached hydrogen (secondary N) is 1. The first kappa shape index (κ1) is 22.2. The molecule has 7 nitrogen and oxygen atoms in total. The number of amides is 1. The van der Waals surface area contributed by atoms with Crippen molar-refractivity contribution < 1.29 is 9.53 Å². The molecule has 1 saturated heterocycles. The van der Waals surface area contributed by atoms with Crippen molar-refractivity contribution in [2.75, 3.05) is 54.2 Å². The van der Waals surface area contributed by atoms with Crippen molar-refractivity contribution in [3.05, 3.63) is 65.9 Å². The maximum Gasteiger partial charge on any atom is 0.234 e. The van der Waals surface area contributed by atoms with E-state index in [1.54, 1.807) is 37.7 Å². The zero-order chi connectivity index (χ0) is 22.3. The third-order valence-electron chi connectivity index (χ3n) is 5.11. The first-order chi connectivity index (χ1) is 15.6. The first-order valence-corrected chi connectivity index (χ1v) is 11.6. The second-order valence-electron chi connectivity index (χ2n) is 7.20. The highest BCUT2D eigenvalue weighted by Gasteiger charge is 2.21. The maximum atomic E-state index is 12.4. The van der Waals surface area contributed by atoms with E-state index in [0.29, 0.717) is 10.7 Å². The van der Waals surface area contributed by atoms with Gasteiger partial charge in [-0.3, -0.25) is 4.79 Å². The van der Waals surface area contributed by atoms with Crippen molar-refractivity contribution in [2.45, 2.75) is 5.03 Å². The van der Waals surface area contributed by atoms with Crippen molar-refractivity contribution in [2.24, 2.45) is 0 Å². The molecule has 1 aliphatic rings. The lowest BCUT2D eigenvalue weighted by Gasteiger charge is -2.37. The molecule has 0 spiro atoms. The lowest BCUT2D eigenvalue weighted by atomic mass is 10.2. The number of methoxy groups -OCH3 is 1. The minimum Gasteiger partial charge on any atom is -0.497 e. The van der Waals surface area contributed by atoms with Crippen molar-refractivity contribution in [3.8, 4) is 5.75 Å². The molecule has 2 heterocycles. The molecule has 166 valence electrons. The molecule has 0 aliphatic carbocycles. The van der Waals surface area contributed by atoms with Crippen LogP contribution in [-0.4, -0.2) is 54.9 Å². The van der Waals surface area contributed by atoms with E-state index in [2.05, 4.69) is 37.2 Å². The highest BCUT2D eigenvalue weighted by atomic mass is 35.5. The van der Waals surface area contributed by atoms with Crippen molar-refractivity contribution in [1.29, 1.82) is 0 Å². The fourth-order valence-corrected chi connectivity index (χ4v) is 4.48. The Morgan fingerprint density at radius 3 is 2.50 bits per heavy atom. The van der Waals surface area contributed by atoms with E-state index in [4.69, 9.17) is 16.3 Å². The number of ether oxygens (including phenoxy) is 1. The summed E-state index contributed by atoms with van der Waals surface area (Å²) < 4.78 is 5.24. The van der Waals surface area contributed by atoms with Gasteiger partial charge in [-0.15, -0.1) is 0 Å². The SMILES string of the molecule is COc1ccc(N2CCN(c3nccnc3SCC(=O)Nc3cccc(Cl)c3)CC2)cc1. The maximum absolute atomic E-state index is 12.4. The molecule has 1 fully saturated rings. The summed E-state index contributed by atoms with van der Waals surface area (Å²) in [7, 11) is 1.67. The molecule has 2 aromatic carbocycles. The lowest BCUT2D eigenvalue weighted by molar-refractivity contribution is -0.113. The number of benzene rings is 2. The molecule has 0 radical (unpaired) electrons. The van der Waals surface area contributed by atoms with E-state index in [-0.39, 0.29) is 11.7 Å². The van der Waals surface area contributed by atoms with Crippen LogP contribution in [0, 0.1) is 0 Å². The Morgan fingerprint density at radius 1 is 1.06 bits per heavy atom. The fourth-order valence-electron chi connectivity index (χ4n) is 3.50.